The Morgan fingerprint density at radius 1 is 1.15 bits per heavy atom. The molecule has 2 fully saturated rings. The van der Waals surface area contributed by atoms with Gasteiger partial charge in [0.1, 0.15) is 19.3 Å². The lowest BCUT2D eigenvalue weighted by atomic mass is 9.86. The molecule has 0 saturated carbocycles. The van der Waals surface area contributed by atoms with E-state index >= 15 is 0 Å². The van der Waals surface area contributed by atoms with Crippen LogP contribution in [0.1, 0.15) is 26.7 Å². The number of ether oxygens (including phenoxy) is 1. The van der Waals surface area contributed by atoms with Crippen LogP contribution in [0, 0.1) is 11.8 Å². The van der Waals surface area contributed by atoms with Gasteiger partial charge in [-0.25, -0.2) is 0 Å². The quantitative estimate of drug-likeness (QED) is 0.653. The Morgan fingerprint density at radius 2 is 1.77 bits per heavy atom. The highest BCUT2D eigenvalue weighted by Gasteiger charge is 2.33. The molecule has 2 heterocycles. The molecule has 2 rings (SSSR count). The van der Waals surface area contributed by atoms with Crippen LogP contribution in [0.3, 0.4) is 0 Å². The minimum absolute atomic E-state index is 0.841. The van der Waals surface area contributed by atoms with Crippen molar-refractivity contribution in [1.29, 1.82) is 0 Å². The zero-order valence-electron chi connectivity index (χ0n) is 8.88. The number of likely N-dealkylation sites (tertiary alicyclic amines) is 1. The van der Waals surface area contributed by atoms with Gasteiger partial charge in [-0.15, -0.1) is 0 Å². The highest BCUT2D eigenvalue weighted by Crippen LogP contribution is 2.19. The molecule has 0 aliphatic carbocycles. The standard InChI is InChI=1S/C11H21NO/c1-9(2)10-3-5-12(6-4-10)11-7-13-8-11/h9-11H,3-8H2,1-2H3/p+1. The third-order valence-corrected chi connectivity index (χ3v) is 3.83. The summed E-state index contributed by atoms with van der Waals surface area (Å²) in [7, 11) is 0. The molecule has 0 aromatic heterocycles. The Kier molecular flexibility index (Phi) is 2.89. The topological polar surface area (TPSA) is 13.7 Å². The molecule has 2 aliphatic heterocycles. The molecule has 76 valence electrons. The van der Waals surface area contributed by atoms with Crippen LogP contribution < -0.4 is 4.90 Å². The molecule has 2 saturated heterocycles. The first-order valence-electron chi connectivity index (χ1n) is 5.69. The number of nitrogens with one attached hydrogen (secondary N) is 1. The van der Waals surface area contributed by atoms with Crippen LogP contribution in [-0.4, -0.2) is 32.3 Å². The van der Waals surface area contributed by atoms with Gasteiger partial charge in [0.05, 0.1) is 13.1 Å². The molecule has 1 N–H and O–H groups in total. The van der Waals surface area contributed by atoms with E-state index in [9.17, 15) is 0 Å². The fraction of sp³-hybridized carbons (Fsp3) is 1.00. The van der Waals surface area contributed by atoms with Crippen LogP contribution in [0.4, 0.5) is 0 Å². The molecule has 2 nitrogen and oxygen atoms in total. The van der Waals surface area contributed by atoms with Gasteiger partial charge in [-0.05, 0) is 24.7 Å². The first-order chi connectivity index (χ1) is 6.27. The summed E-state index contributed by atoms with van der Waals surface area (Å²) in [5.74, 6) is 1.88. The maximum atomic E-state index is 5.24. The van der Waals surface area contributed by atoms with Crippen molar-refractivity contribution in [3.05, 3.63) is 0 Å². The smallest absolute Gasteiger partial charge is 0.135 e. The summed E-state index contributed by atoms with van der Waals surface area (Å²) in [6.07, 6.45) is 2.87. The molecule has 0 bridgehead atoms. The van der Waals surface area contributed by atoms with Crippen molar-refractivity contribution in [3.63, 3.8) is 0 Å². The molecule has 0 atom stereocenters. The minimum atomic E-state index is 0.841. The number of rotatable bonds is 2. The van der Waals surface area contributed by atoms with Crippen molar-refractivity contribution >= 4 is 0 Å². The fourth-order valence-corrected chi connectivity index (χ4v) is 2.56. The number of piperidine rings is 1. The van der Waals surface area contributed by atoms with Crippen LogP contribution in [0.25, 0.3) is 0 Å². The van der Waals surface area contributed by atoms with Crippen LogP contribution in [-0.2, 0) is 4.74 Å². The fourth-order valence-electron chi connectivity index (χ4n) is 2.56. The van der Waals surface area contributed by atoms with Crippen molar-refractivity contribution in [2.75, 3.05) is 26.3 Å². The van der Waals surface area contributed by atoms with Crippen molar-refractivity contribution in [2.24, 2.45) is 11.8 Å². The maximum absolute atomic E-state index is 5.24. The molecular formula is C11H22NO+. The molecular weight excluding hydrogens is 162 g/mol. The zero-order valence-corrected chi connectivity index (χ0v) is 8.88. The maximum Gasteiger partial charge on any atom is 0.135 e. The van der Waals surface area contributed by atoms with E-state index in [1.165, 1.54) is 25.9 Å². The van der Waals surface area contributed by atoms with Crippen molar-refractivity contribution < 1.29 is 9.64 Å². The van der Waals surface area contributed by atoms with Gasteiger partial charge < -0.3 is 9.64 Å². The average Bonchev–Trinajstić information content (AvgIpc) is 2.02. The van der Waals surface area contributed by atoms with Gasteiger partial charge in [0.25, 0.3) is 0 Å². The molecule has 2 aliphatic rings. The third kappa shape index (κ3) is 2.05. The molecule has 0 unspecified atom stereocenters. The van der Waals surface area contributed by atoms with Gasteiger partial charge in [-0.3, -0.25) is 0 Å². The summed E-state index contributed by atoms with van der Waals surface area (Å²) in [4.78, 5) is 1.81. The molecule has 0 aromatic rings. The molecule has 0 radical (unpaired) electrons. The molecule has 0 amide bonds. The van der Waals surface area contributed by atoms with Crippen molar-refractivity contribution in [3.8, 4) is 0 Å². The van der Waals surface area contributed by atoms with E-state index in [1.807, 2.05) is 4.90 Å². The first-order valence-corrected chi connectivity index (χ1v) is 5.69. The van der Waals surface area contributed by atoms with Crippen LogP contribution in [0.2, 0.25) is 0 Å². The lowest BCUT2D eigenvalue weighted by Gasteiger charge is -2.39. The Balaban J connectivity index is 1.75. The largest absolute Gasteiger partial charge is 0.369 e. The van der Waals surface area contributed by atoms with Gasteiger partial charge in [-0.1, -0.05) is 13.8 Å². The van der Waals surface area contributed by atoms with E-state index in [1.54, 1.807) is 0 Å². The summed E-state index contributed by atoms with van der Waals surface area (Å²) >= 11 is 0. The molecule has 2 heteroatoms. The second kappa shape index (κ2) is 3.97. The first kappa shape index (κ1) is 9.47. The van der Waals surface area contributed by atoms with Crippen molar-refractivity contribution in [2.45, 2.75) is 32.7 Å². The van der Waals surface area contributed by atoms with Gasteiger partial charge in [-0.2, -0.15) is 0 Å². The van der Waals surface area contributed by atoms with Crippen LogP contribution in [0.15, 0.2) is 0 Å². The van der Waals surface area contributed by atoms with E-state index in [0.717, 1.165) is 31.1 Å². The lowest BCUT2D eigenvalue weighted by molar-refractivity contribution is -0.940. The summed E-state index contributed by atoms with van der Waals surface area (Å²) in [6.45, 7) is 9.53. The van der Waals surface area contributed by atoms with E-state index in [4.69, 9.17) is 4.74 Å². The highest BCUT2D eigenvalue weighted by molar-refractivity contribution is 4.69. The van der Waals surface area contributed by atoms with E-state index in [-0.39, 0.29) is 0 Å². The van der Waals surface area contributed by atoms with E-state index < -0.39 is 0 Å². The van der Waals surface area contributed by atoms with Gasteiger partial charge in [0.2, 0.25) is 0 Å². The Bertz CT molecular complexity index is 157. The lowest BCUT2D eigenvalue weighted by Crippen LogP contribution is -3.19. The average molecular weight is 184 g/mol. The Labute approximate surface area is 81.3 Å². The predicted octanol–water partition coefficient (Wildman–Crippen LogP) is 0.336. The Hall–Kier alpha value is -0.0800. The second-order valence-electron chi connectivity index (χ2n) is 4.97. The molecule has 13 heavy (non-hydrogen) atoms. The number of hydrogen-bond donors (Lipinski definition) is 1. The minimum Gasteiger partial charge on any atom is -0.369 e. The number of hydrogen-bond acceptors (Lipinski definition) is 1. The summed E-state index contributed by atoms with van der Waals surface area (Å²) in [5, 5.41) is 0. The highest BCUT2D eigenvalue weighted by atomic mass is 16.5. The van der Waals surface area contributed by atoms with E-state index in [2.05, 4.69) is 13.8 Å². The number of quaternary nitrogens is 1. The van der Waals surface area contributed by atoms with Crippen LogP contribution >= 0.6 is 0 Å². The van der Waals surface area contributed by atoms with E-state index in [0.29, 0.717) is 0 Å². The van der Waals surface area contributed by atoms with Crippen molar-refractivity contribution in [1.82, 2.24) is 0 Å². The molecule has 0 spiro atoms. The summed E-state index contributed by atoms with van der Waals surface area (Å²) in [6, 6.07) is 0.841. The zero-order chi connectivity index (χ0) is 9.26. The van der Waals surface area contributed by atoms with Gasteiger partial charge in [0, 0.05) is 0 Å². The monoisotopic (exact) mass is 184 g/mol. The van der Waals surface area contributed by atoms with Crippen LogP contribution in [0.5, 0.6) is 0 Å². The third-order valence-electron chi connectivity index (χ3n) is 3.83. The Morgan fingerprint density at radius 3 is 2.15 bits per heavy atom. The van der Waals surface area contributed by atoms with Gasteiger partial charge >= 0.3 is 0 Å². The second-order valence-corrected chi connectivity index (χ2v) is 4.97. The van der Waals surface area contributed by atoms with Gasteiger partial charge in [0.15, 0.2) is 0 Å². The molecule has 0 aromatic carbocycles. The SMILES string of the molecule is CC(C)C1CC[NH+](C2COC2)CC1. The normalized spacial score (nSPS) is 36.2. The predicted molar refractivity (Wildman–Crippen MR) is 52.9 cm³/mol. The summed E-state index contributed by atoms with van der Waals surface area (Å²) in [5.41, 5.74) is 0. The summed E-state index contributed by atoms with van der Waals surface area (Å²) < 4.78 is 5.24.